The topological polar surface area (TPSA) is 77.2 Å². The summed E-state index contributed by atoms with van der Waals surface area (Å²) in [5, 5.41) is 4.41. The van der Waals surface area contributed by atoms with Crippen LogP contribution >= 0.6 is 0 Å². The van der Waals surface area contributed by atoms with Gasteiger partial charge < -0.3 is 15.8 Å². The molecule has 5 nitrogen and oxygen atoms in total. The molecular weight excluding hydrogens is 242 g/mol. The second-order valence-electron chi connectivity index (χ2n) is 4.36. The largest absolute Gasteiger partial charge is 0.383 e. The van der Waals surface area contributed by atoms with E-state index in [1.54, 1.807) is 7.11 Å². The van der Waals surface area contributed by atoms with Crippen LogP contribution in [0.5, 0.6) is 0 Å². The quantitative estimate of drug-likeness (QED) is 0.874. The third-order valence-corrected chi connectivity index (χ3v) is 3.02. The van der Waals surface area contributed by atoms with Gasteiger partial charge in [0.05, 0.1) is 11.7 Å². The van der Waals surface area contributed by atoms with Crippen LogP contribution in [0.2, 0.25) is 0 Å². The number of anilines is 1. The van der Waals surface area contributed by atoms with E-state index in [4.69, 9.17) is 10.5 Å². The lowest BCUT2D eigenvalue weighted by Crippen LogP contribution is -2.31. The average Bonchev–Trinajstić information content (AvgIpc) is 2.45. The molecule has 19 heavy (non-hydrogen) atoms. The van der Waals surface area contributed by atoms with E-state index >= 15 is 0 Å². The van der Waals surface area contributed by atoms with Crippen LogP contribution in [0.3, 0.4) is 0 Å². The standard InChI is InChI=1S/C14H17N3O2/c1-9(19-2)7-17-14(18)12-8-16-13(15)11-6-4-3-5-10(11)12/h3-6,8-9H,7H2,1-2H3,(H2,15,16)(H,17,18). The SMILES string of the molecule is COC(C)CNC(=O)c1cnc(N)c2ccccc12. The van der Waals surface area contributed by atoms with Crippen LogP contribution in [-0.2, 0) is 4.74 Å². The number of nitrogens with two attached hydrogens (primary N) is 1. The van der Waals surface area contributed by atoms with Gasteiger partial charge in [-0.15, -0.1) is 0 Å². The summed E-state index contributed by atoms with van der Waals surface area (Å²) in [5.74, 6) is 0.255. The Balaban J connectivity index is 2.30. The summed E-state index contributed by atoms with van der Waals surface area (Å²) in [5.41, 5.74) is 6.33. The van der Waals surface area contributed by atoms with Crippen molar-refractivity contribution in [2.75, 3.05) is 19.4 Å². The number of ether oxygens (including phenoxy) is 1. The van der Waals surface area contributed by atoms with Crippen molar-refractivity contribution in [2.24, 2.45) is 0 Å². The number of hydrogen-bond acceptors (Lipinski definition) is 4. The van der Waals surface area contributed by atoms with Crippen molar-refractivity contribution in [3.05, 3.63) is 36.0 Å². The zero-order valence-corrected chi connectivity index (χ0v) is 11.0. The number of amides is 1. The molecule has 1 atom stereocenters. The first-order valence-electron chi connectivity index (χ1n) is 6.07. The van der Waals surface area contributed by atoms with Gasteiger partial charge in [0, 0.05) is 25.2 Å². The summed E-state index contributed by atoms with van der Waals surface area (Å²) in [6.45, 7) is 2.34. The summed E-state index contributed by atoms with van der Waals surface area (Å²) < 4.78 is 5.09. The lowest BCUT2D eigenvalue weighted by Gasteiger charge is -2.12. The molecule has 1 amide bonds. The molecule has 0 fully saturated rings. The molecule has 0 saturated carbocycles. The fourth-order valence-corrected chi connectivity index (χ4v) is 1.81. The number of pyridine rings is 1. The predicted octanol–water partition coefficient (Wildman–Crippen LogP) is 1.58. The maximum absolute atomic E-state index is 12.1. The zero-order valence-electron chi connectivity index (χ0n) is 11.0. The summed E-state index contributed by atoms with van der Waals surface area (Å²) in [6, 6.07) is 7.46. The number of carbonyl (C=O) groups is 1. The van der Waals surface area contributed by atoms with E-state index < -0.39 is 0 Å². The first-order chi connectivity index (χ1) is 9.13. The lowest BCUT2D eigenvalue weighted by molar-refractivity contribution is 0.0871. The van der Waals surface area contributed by atoms with Crippen molar-refractivity contribution in [1.82, 2.24) is 10.3 Å². The van der Waals surface area contributed by atoms with E-state index in [1.165, 1.54) is 6.20 Å². The van der Waals surface area contributed by atoms with E-state index in [1.807, 2.05) is 31.2 Å². The van der Waals surface area contributed by atoms with Crippen LogP contribution in [0.1, 0.15) is 17.3 Å². The number of benzene rings is 1. The van der Waals surface area contributed by atoms with Gasteiger partial charge in [0.15, 0.2) is 0 Å². The van der Waals surface area contributed by atoms with Gasteiger partial charge in [-0.25, -0.2) is 4.98 Å². The molecule has 0 aliphatic carbocycles. The number of hydrogen-bond donors (Lipinski definition) is 2. The molecule has 100 valence electrons. The fourth-order valence-electron chi connectivity index (χ4n) is 1.81. The van der Waals surface area contributed by atoms with Crippen molar-refractivity contribution >= 4 is 22.5 Å². The van der Waals surface area contributed by atoms with Gasteiger partial charge in [0.25, 0.3) is 5.91 Å². The minimum atomic E-state index is -0.174. The third-order valence-electron chi connectivity index (χ3n) is 3.02. The normalized spacial score (nSPS) is 12.3. The fraction of sp³-hybridized carbons (Fsp3) is 0.286. The van der Waals surface area contributed by atoms with E-state index in [-0.39, 0.29) is 12.0 Å². The number of rotatable bonds is 4. The Kier molecular flexibility index (Phi) is 3.97. The van der Waals surface area contributed by atoms with Crippen molar-refractivity contribution in [3.8, 4) is 0 Å². The Bertz CT molecular complexity index is 598. The average molecular weight is 259 g/mol. The van der Waals surface area contributed by atoms with Gasteiger partial charge in [-0.1, -0.05) is 24.3 Å². The number of carbonyl (C=O) groups excluding carboxylic acids is 1. The highest BCUT2D eigenvalue weighted by Crippen LogP contribution is 2.22. The number of methoxy groups -OCH3 is 1. The van der Waals surface area contributed by atoms with Crippen LogP contribution in [0.25, 0.3) is 10.8 Å². The Morgan fingerprint density at radius 3 is 2.79 bits per heavy atom. The lowest BCUT2D eigenvalue weighted by atomic mass is 10.1. The zero-order chi connectivity index (χ0) is 13.8. The molecule has 0 spiro atoms. The van der Waals surface area contributed by atoms with Gasteiger partial charge in [0.2, 0.25) is 0 Å². The number of nitrogens with zero attached hydrogens (tertiary/aromatic N) is 1. The highest BCUT2D eigenvalue weighted by atomic mass is 16.5. The number of aromatic nitrogens is 1. The van der Waals surface area contributed by atoms with Gasteiger partial charge in [-0.2, -0.15) is 0 Å². The maximum Gasteiger partial charge on any atom is 0.253 e. The molecule has 5 heteroatoms. The second kappa shape index (κ2) is 5.67. The first kappa shape index (κ1) is 13.3. The molecule has 1 unspecified atom stereocenters. The van der Waals surface area contributed by atoms with Crippen molar-refractivity contribution in [2.45, 2.75) is 13.0 Å². The minimum absolute atomic E-state index is 0.0306. The van der Waals surface area contributed by atoms with Gasteiger partial charge in [0.1, 0.15) is 5.82 Å². The van der Waals surface area contributed by atoms with Gasteiger partial charge in [-0.3, -0.25) is 4.79 Å². The summed E-state index contributed by atoms with van der Waals surface area (Å²) in [4.78, 5) is 16.2. The molecule has 0 aliphatic rings. The molecule has 2 aromatic rings. The van der Waals surface area contributed by atoms with Crippen molar-refractivity contribution in [1.29, 1.82) is 0 Å². The molecule has 0 bridgehead atoms. The maximum atomic E-state index is 12.1. The van der Waals surface area contributed by atoms with E-state index in [0.717, 1.165) is 10.8 Å². The predicted molar refractivity (Wildman–Crippen MR) is 75.0 cm³/mol. The Labute approximate surface area is 111 Å². The number of nitrogen functional groups attached to an aromatic ring is 1. The molecule has 0 aliphatic heterocycles. The molecule has 2 rings (SSSR count). The molecule has 3 N–H and O–H groups in total. The highest BCUT2D eigenvalue weighted by Gasteiger charge is 2.12. The van der Waals surface area contributed by atoms with Crippen LogP contribution in [0.4, 0.5) is 5.82 Å². The van der Waals surface area contributed by atoms with Crippen LogP contribution in [-0.4, -0.2) is 30.6 Å². The molecule has 0 radical (unpaired) electrons. The Morgan fingerprint density at radius 1 is 1.42 bits per heavy atom. The van der Waals surface area contributed by atoms with E-state index in [0.29, 0.717) is 17.9 Å². The Morgan fingerprint density at radius 2 is 2.11 bits per heavy atom. The van der Waals surface area contributed by atoms with Gasteiger partial charge in [-0.05, 0) is 12.3 Å². The van der Waals surface area contributed by atoms with Crippen molar-refractivity contribution < 1.29 is 9.53 Å². The monoisotopic (exact) mass is 259 g/mol. The smallest absolute Gasteiger partial charge is 0.253 e. The summed E-state index contributed by atoms with van der Waals surface area (Å²) in [7, 11) is 1.61. The van der Waals surface area contributed by atoms with Crippen LogP contribution in [0, 0.1) is 0 Å². The van der Waals surface area contributed by atoms with E-state index in [2.05, 4.69) is 10.3 Å². The molecule has 1 aromatic carbocycles. The number of nitrogens with one attached hydrogen (secondary N) is 1. The van der Waals surface area contributed by atoms with Crippen molar-refractivity contribution in [3.63, 3.8) is 0 Å². The third kappa shape index (κ3) is 2.82. The summed E-state index contributed by atoms with van der Waals surface area (Å²) >= 11 is 0. The number of fused-ring (bicyclic) bond motifs is 1. The van der Waals surface area contributed by atoms with Crippen LogP contribution < -0.4 is 11.1 Å². The van der Waals surface area contributed by atoms with Crippen LogP contribution in [0.15, 0.2) is 30.5 Å². The summed E-state index contributed by atoms with van der Waals surface area (Å²) in [6.07, 6.45) is 1.47. The molecular formula is C14H17N3O2. The molecule has 1 heterocycles. The van der Waals surface area contributed by atoms with E-state index in [9.17, 15) is 4.79 Å². The second-order valence-corrected chi connectivity index (χ2v) is 4.36. The highest BCUT2D eigenvalue weighted by molar-refractivity contribution is 6.08. The molecule has 0 saturated heterocycles. The molecule has 1 aromatic heterocycles. The Hall–Kier alpha value is -2.14. The van der Waals surface area contributed by atoms with Gasteiger partial charge >= 0.3 is 0 Å². The minimum Gasteiger partial charge on any atom is -0.383 e. The first-order valence-corrected chi connectivity index (χ1v) is 6.07.